The molecule has 43 heavy (non-hydrogen) atoms. The minimum absolute atomic E-state index is 0.00721. The van der Waals surface area contributed by atoms with Crippen LogP contribution in [-0.2, 0) is 37.9 Å². The highest BCUT2D eigenvalue weighted by molar-refractivity contribution is 5.61. The largest absolute Gasteiger partial charge is 0.0645 e. The number of rotatable bonds is 3. The highest BCUT2D eigenvalue weighted by atomic mass is 14.4. The second kappa shape index (κ2) is 11.4. The Bertz CT molecular complexity index is 1290. The maximum Gasteiger partial charge on any atom is 0.00957 e. The van der Waals surface area contributed by atoms with Gasteiger partial charge >= 0.3 is 0 Å². The molecule has 2 rings (SSSR count). The third kappa shape index (κ3) is 8.00. The van der Waals surface area contributed by atoms with E-state index in [-0.39, 0.29) is 37.9 Å². The summed E-state index contributed by atoms with van der Waals surface area (Å²) in [6.45, 7) is 53.2. The highest BCUT2D eigenvalue weighted by Crippen LogP contribution is 2.52. The summed E-state index contributed by atoms with van der Waals surface area (Å²) in [5.41, 5.74) is 14.1. The summed E-state index contributed by atoms with van der Waals surface area (Å²) in [6, 6.07) is 7.90. The minimum Gasteiger partial charge on any atom is -0.0645 e. The van der Waals surface area contributed by atoms with Crippen LogP contribution in [0.15, 0.2) is 18.2 Å². The first-order valence-corrected chi connectivity index (χ1v) is 17.2. The van der Waals surface area contributed by atoms with Gasteiger partial charge in [0.05, 0.1) is 0 Å². The van der Waals surface area contributed by atoms with Gasteiger partial charge in [-0.15, -0.1) is 0 Å². The van der Waals surface area contributed by atoms with Crippen molar-refractivity contribution in [1.29, 1.82) is 0 Å². The van der Waals surface area contributed by atoms with Crippen molar-refractivity contribution in [3.8, 4) is 0 Å². The van der Waals surface area contributed by atoms with Gasteiger partial charge in [0.15, 0.2) is 0 Å². The normalized spacial score (nSPS) is 15.2. The Kier molecular flexibility index (Phi) is 9.93. The van der Waals surface area contributed by atoms with Gasteiger partial charge in [-0.1, -0.05) is 171 Å². The van der Waals surface area contributed by atoms with E-state index in [1.807, 2.05) is 0 Å². The predicted octanol–water partition coefficient (Wildman–Crippen LogP) is 13.3. The molecule has 0 radical (unpaired) electrons. The van der Waals surface area contributed by atoms with Gasteiger partial charge in [0, 0.05) is 5.92 Å². The lowest BCUT2D eigenvalue weighted by Crippen LogP contribution is -2.33. The fourth-order valence-electron chi connectivity index (χ4n) is 7.21. The number of benzene rings is 2. The van der Waals surface area contributed by atoms with E-state index in [1.165, 1.54) is 33.4 Å². The highest BCUT2D eigenvalue weighted by Gasteiger charge is 2.40. The van der Waals surface area contributed by atoms with E-state index >= 15 is 0 Å². The monoisotopic (exact) mass is 589 g/mol. The van der Waals surface area contributed by atoms with Gasteiger partial charge in [0.25, 0.3) is 0 Å². The van der Waals surface area contributed by atoms with Crippen molar-refractivity contribution in [1.82, 2.24) is 0 Å². The molecule has 1 unspecified atom stereocenters. The van der Waals surface area contributed by atoms with Gasteiger partial charge in [-0.05, 0) is 94.4 Å². The van der Waals surface area contributed by atoms with Crippen LogP contribution in [0.2, 0.25) is 0 Å². The molecule has 0 bridgehead atoms. The SMILES string of the molecule is CCC(c1cc(C(C)(C)C)c(C(C)(C)C)cc1C(C)(C)C)c1c(C(C)(C)C)cc(C(C)(C)C)c(C(C)(C)C)c1C(C)(C)C. The van der Waals surface area contributed by atoms with E-state index in [9.17, 15) is 0 Å². The van der Waals surface area contributed by atoms with Crippen molar-refractivity contribution in [2.45, 2.75) is 203 Å². The van der Waals surface area contributed by atoms with Crippen LogP contribution in [0.1, 0.15) is 215 Å². The molecule has 0 aromatic heterocycles. The Labute approximate surface area is 270 Å². The van der Waals surface area contributed by atoms with Crippen molar-refractivity contribution in [2.24, 2.45) is 0 Å². The van der Waals surface area contributed by atoms with Crippen molar-refractivity contribution in [2.75, 3.05) is 0 Å². The molecule has 244 valence electrons. The molecule has 0 N–H and O–H groups in total. The van der Waals surface area contributed by atoms with Crippen LogP contribution in [0.4, 0.5) is 0 Å². The number of hydrogen-bond acceptors (Lipinski definition) is 0. The molecule has 0 heteroatoms. The molecule has 0 aliphatic heterocycles. The van der Waals surface area contributed by atoms with E-state index in [0.29, 0.717) is 5.92 Å². The van der Waals surface area contributed by atoms with Crippen molar-refractivity contribution in [3.63, 3.8) is 0 Å². The topological polar surface area (TPSA) is 0 Å². The lowest BCUT2D eigenvalue weighted by molar-refractivity contribution is 0.478. The van der Waals surface area contributed by atoms with Crippen LogP contribution in [0.3, 0.4) is 0 Å². The second-order valence-electron chi connectivity index (χ2n) is 20.8. The van der Waals surface area contributed by atoms with Crippen LogP contribution in [0.25, 0.3) is 0 Å². The summed E-state index contributed by atoms with van der Waals surface area (Å²) in [6.07, 6.45) is 1.08. The van der Waals surface area contributed by atoms with Crippen molar-refractivity contribution >= 4 is 0 Å². The maximum atomic E-state index is 2.66. The second-order valence-corrected chi connectivity index (χ2v) is 20.8. The molecule has 0 amide bonds. The van der Waals surface area contributed by atoms with E-state index in [2.05, 4.69) is 171 Å². The fourth-order valence-corrected chi connectivity index (χ4v) is 7.21. The lowest BCUT2D eigenvalue weighted by atomic mass is 9.61. The molecule has 0 aliphatic rings. The van der Waals surface area contributed by atoms with Crippen LogP contribution in [0.5, 0.6) is 0 Å². The first-order valence-electron chi connectivity index (χ1n) is 17.2. The third-order valence-electron chi connectivity index (χ3n) is 9.23. The van der Waals surface area contributed by atoms with E-state index in [4.69, 9.17) is 0 Å². The molecule has 0 heterocycles. The lowest BCUT2D eigenvalue weighted by Gasteiger charge is -2.43. The smallest absolute Gasteiger partial charge is 0.00957 e. The zero-order valence-electron chi connectivity index (χ0n) is 33.0. The molecule has 0 fully saturated rings. The summed E-state index contributed by atoms with van der Waals surface area (Å²) in [5.74, 6) is 0.308. The van der Waals surface area contributed by atoms with Crippen molar-refractivity contribution in [3.05, 3.63) is 68.3 Å². The fraction of sp³-hybridized carbons (Fsp3) is 0.721. The Balaban J connectivity index is 3.45. The third-order valence-corrected chi connectivity index (χ3v) is 9.23. The average Bonchev–Trinajstić information content (AvgIpc) is 2.73. The zero-order chi connectivity index (χ0) is 34.1. The van der Waals surface area contributed by atoms with Crippen molar-refractivity contribution < 1.29 is 0 Å². The number of hydrogen-bond donors (Lipinski definition) is 0. The molecule has 1 atom stereocenters. The Hall–Kier alpha value is -1.56. The standard InChI is InChI=1S/C43H72/c1-23-27(28-24-30(38(5,6)7)31(39(8,9)10)25-29(28)37(2,3)4)34-32(40(11,12)13)26-33(41(14,15)16)35(42(17,18)19)36(34)43(20,21)22/h24-27H,23H2,1-22H3. The molecule has 2 aromatic carbocycles. The first kappa shape index (κ1) is 37.6. The van der Waals surface area contributed by atoms with E-state index in [1.54, 1.807) is 16.7 Å². The average molecular weight is 589 g/mol. The first-order chi connectivity index (χ1) is 18.8. The quantitative estimate of drug-likeness (QED) is 0.334. The predicted molar refractivity (Wildman–Crippen MR) is 196 cm³/mol. The Morgan fingerprint density at radius 1 is 0.372 bits per heavy atom. The molecule has 0 nitrogen and oxygen atoms in total. The minimum atomic E-state index is -0.00721. The van der Waals surface area contributed by atoms with Gasteiger partial charge in [-0.25, -0.2) is 0 Å². The molecule has 0 saturated carbocycles. The van der Waals surface area contributed by atoms with Gasteiger partial charge in [0.2, 0.25) is 0 Å². The summed E-state index contributed by atoms with van der Waals surface area (Å²) in [7, 11) is 0. The van der Waals surface area contributed by atoms with Crippen LogP contribution in [-0.4, -0.2) is 0 Å². The Morgan fingerprint density at radius 3 is 1.00 bits per heavy atom. The van der Waals surface area contributed by atoms with Crippen LogP contribution >= 0.6 is 0 Å². The maximum absolute atomic E-state index is 2.66. The van der Waals surface area contributed by atoms with Gasteiger partial charge in [-0.2, -0.15) is 0 Å². The Morgan fingerprint density at radius 2 is 0.698 bits per heavy atom. The van der Waals surface area contributed by atoms with E-state index < -0.39 is 0 Å². The molecule has 0 spiro atoms. The summed E-state index contributed by atoms with van der Waals surface area (Å²) in [4.78, 5) is 0. The summed E-state index contributed by atoms with van der Waals surface area (Å²) < 4.78 is 0. The van der Waals surface area contributed by atoms with Crippen LogP contribution in [0, 0.1) is 0 Å². The molecule has 0 aliphatic carbocycles. The summed E-state index contributed by atoms with van der Waals surface area (Å²) in [5, 5.41) is 0. The zero-order valence-corrected chi connectivity index (χ0v) is 33.0. The van der Waals surface area contributed by atoms with E-state index in [0.717, 1.165) is 6.42 Å². The molecular weight excluding hydrogens is 516 g/mol. The van der Waals surface area contributed by atoms with Gasteiger partial charge in [0.1, 0.15) is 0 Å². The molecule has 0 saturated heterocycles. The van der Waals surface area contributed by atoms with Gasteiger partial charge < -0.3 is 0 Å². The summed E-state index contributed by atoms with van der Waals surface area (Å²) >= 11 is 0. The molecule has 2 aromatic rings. The van der Waals surface area contributed by atoms with Gasteiger partial charge in [-0.3, -0.25) is 0 Å². The van der Waals surface area contributed by atoms with Crippen LogP contribution < -0.4 is 0 Å². The molecular formula is C43H72.